The normalized spacial score (nSPS) is 40.0. The third-order valence-electron chi connectivity index (χ3n) is 6.14. The second kappa shape index (κ2) is 4.01. The van der Waals surface area contributed by atoms with Gasteiger partial charge in [-0.25, -0.2) is 0 Å². The third-order valence-corrected chi connectivity index (χ3v) is 6.14. The van der Waals surface area contributed by atoms with Crippen LogP contribution in [0, 0.1) is 29.6 Å². The van der Waals surface area contributed by atoms with E-state index in [2.05, 4.69) is 5.32 Å². The van der Waals surface area contributed by atoms with Gasteiger partial charge in [0.1, 0.15) is 5.75 Å². The number of benzene rings is 1. The highest BCUT2D eigenvalue weighted by Gasteiger charge is 2.66. The number of carbonyl (C=O) groups excluding carboxylic acids is 1. The maximum atomic E-state index is 11.4. The SMILES string of the molecule is O=C1COc2ccc(C(O)C3C4C5CCC(C5)C43)cc2N1. The van der Waals surface area contributed by atoms with E-state index in [-0.39, 0.29) is 12.5 Å². The molecule has 0 aromatic heterocycles. The minimum atomic E-state index is -0.396. The number of carbonyl (C=O) groups is 1. The molecule has 5 atom stereocenters. The summed E-state index contributed by atoms with van der Waals surface area (Å²) in [5, 5.41) is 13.6. The highest BCUT2D eigenvalue weighted by Crippen LogP contribution is 2.72. The molecule has 110 valence electrons. The molecule has 4 nitrogen and oxygen atoms in total. The first kappa shape index (κ1) is 12.0. The first-order valence-electron chi connectivity index (χ1n) is 7.97. The molecule has 4 aliphatic rings. The largest absolute Gasteiger partial charge is 0.482 e. The van der Waals surface area contributed by atoms with E-state index in [1.54, 1.807) is 0 Å². The number of aliphatic hydroxyl groups excluding tert-OH is 1. The van der Waals surface area contributed by atoms with Gasteiger partial charge in [-0.05, 0) is 66.5 Å². The number of fused-ring (bicyclic) bond motifs is 6. The van der Waals surface area contributed by atoms with Crippen LogP contribution in [0.1, 0.15) is 30.9 Å². The zero-order valence-corrected chi connectivity index (χ0v) is 11.8. The van der Waals surface area contributed by atoms with Gasteiger partial charge in [0, 0.05) is 0 Å². The number of anilines is 1. The Morgan fingerprint density at radius 2 is 2.00 bits per heavy atom. The van der Waals surface area contributed by atoms with Crippen LogP contribution in [0.25, 0.3) is 0 Å². The first-order valence-corrected chi connectivity index (χ1v) is 7.97. The molecule has 1 amide bonds. The number of ether oxygens (including phenoxy) is 1. The van der Waals surface area contributed by atoms with Crippen molar-refractivity contribution in [1.82, 2.24) is 0 Å². The van der Waals surface area contributed by atoms with Gasteiger partial charge in [0.25, 0.3) is 5.91 Å². The number of amides is 1. The topological polar surface area (TPSA) is 58.6 Å². The Balaban J connectivity index is 1.41. The van der Waals surface area contributed by atoms with Gasteiger partial charge in [-0.15, -0.1) is 0 Å². The Labute approximate surface area is 123 Å². The van der Waals surface area contributed by atoms with E-state index in [4.69, 9.17) is 4.74 Å². The summed E-state index contributed by atoms with van der Waals surface area (Å²) >= 11 is 0. The van der Waals surface area contributed by atoms with Crippen LogP contribution < -0.4 is 10.1 Å². The molecule has 4 heteroatoms. The van der Waals surface area contributed by atoms with Gasteiger partial charge in [-0.3, -0.25) is 4.79 Å². The Morgan fingerprint density at radius 3 is 2.76 bits per heavy atom. The molecular formula is C17H19NO3. The summed E-state index contributed by atoms with van der Waals surface area (Å²) in [6, 6.07) is 5.68. The van der Waals surface area contributed by atoms with Gasteiger partial charge in [0.05, 0.1) is 11.8 Å². The maximum absolute atomic E-state index is 11.4. The van der Waals surface area contributed by atoms with E-state index in [0.717, 1.165) is 29.2 Å². The zero-order valence-electron chi connectivity index (χ0n) is 11.8. The molecule has 1 aromatic carbocycles. The molecule has 0 radical (unpaired) electrons. The van der Waals surface area contributed by atoms with Crippen molar-refractivity contribution >= 4 is 11.6 Å². The lowest BCUT2D eigenvalue weighted by Crippen LogP contribution is -2.25. The molecular weight excluding hydrogens is 266 g/mol. The van der Waals surface area contributed by atoms with Crippen molar-refractivity contribution in [3.8, 4) is 5.75 Å². The molecule has 3 aliphatic carbocycles. The highest BCUT2D eigenvalue weighted by molar-refractivity contribution is 5.95. The molecule has 1 heterocycles. The van der Waals surface area contributed by atoms with Crippen molar-refractivity contribution in [3.05, 3.63) is 23.8 Å². The fraction of sp³-hybridized carbons (Fsp3) is 0.588. The van der Waals surface area contributed by atoms with Gasteiger partial charge >= 0.3 is 0 Å². The van der Waals surface area contributed by atoms with Crippen LogP contribution in [0.15, 0.2) is 18.2 Å². The minimum absolute atomic E-state index is 0.0744. The van der Waals surface area contributed by atoms with Crippen LogP contribution in [0.2, 0.25) is 0 Å². The van der Waals surface area contributed by atoms with Gasteiger partial charge in [-0.2, -0.15) is 0 Å². The van der Waals surface area contributed by atoms with Gasteiger partial charge in [-0.1, -0.05) is 6.07 Å². The van der Waals surface area contributed by atoms with Crippen molar-refractivity contribution in [3.63, 3.8) is 0 Å². The summed E-state index contributed by atoms with van der Waals surface area (Å²) in [5.41, 5.74) is 1.61. The molecule has 5 rings (SSSR count). The highest BCUT2D eigenvalue weighted by atomic mass is 16.5. The monoisotopic (exact) mass is 285 g/mol. The van der Waals surface area contributed by atoms with Crippen LogP contribution in [-0.2, 0) is 4.79 Å². The number of rotatable bonds is 2. The fourth-order valence-electron chi connectivity index (χ4n) is 5.32. The Bertz CT molecular complexity index is 612. The molecule has 1 aliphatic heterocycles. The van der Waals surface area contributed by atoms with E-state index in [1.807, 2.05) is 18.2 Å². The lowest BCUT2D eigenvalue weighted by atomic mass is 9.94. The summed E-state index contributed by atoms with van der Waals surface area (Å²) < 4.78 is 5.37. The van der Waals surface area contributed by atoms with E-state index in [9.17, 15) is 9.90 Å². The van der Waals surface area contributed by atoms with Crippen molar-refractivity contribution in [2.45, 2.75) is 25.4 Å². The smallest absolute Gasteiger partial charge is 0.262 e. The summed E-state index contributed by atoms with van der Waals surface area (Å²) in [6.45, 7) is 0.0744. The van der Waals surface area contributed by atoms with E-state index in [0.29, 0.717) is 17.4 Å². The Kier molecular flexibility index (Phi) is 2.30. The number of hydrogen-bond donors (Lipinski definition) is 2. The second-order valence-electron chi connectivity index (χ2n) is 7.10. The van der Waals surface area contributed by atoms with Crippen molar-refractivity contribution in [2.75, 3.05) is 11.9 Å². The van der Waals surface area contributed by atoms with Gasteiger partial charge in [0.15, 0.2) is 6.61 Å². The van der Waals surface area contributed by atoms with Crippen LogP contribution in [0.4, 0.5) is 5.69 Å². The van der Waals surface area contributed by atoms with Gasteiger partial charge in [0.2, 0.25) is 0 Å². The predicted octanol–water partition coefficient (Wildman–Crippen LogP) is 2.34. The van der Waals surface area contributed by atoms with Crippen molar-refractivity contribution < 1.29 is 14.6 Å². The molecule has 21 heavy (non-hydrogen) atoms. The lowest BCUT2D eigenvalue weighted by Gasteiger charge is -2.21. The predicted molar refractivity (Wildman–Crippen MR) is 76.8 cm³/mol. The number of aliphatic hydroxyl groups is 1. The molecule has 0 spiro atoms. The first-order chi connectivity index (χ1) is 10.2. The van der Waals surface area contributed by atoms with E-state index in [1.165, 1.54) is 19.3 Å². The summed E-state index contributed by atoms with van der Waals surface area (Å²) in [5.74, 6) is 4.23. The standard InChI is InChI=1S/C17H19NO3/c19-13-7-21-12-4-3-10(6-11(12)18-13)17(20)16-14-8-1-2-9(5-8)15(14)16/h3-4,6,8-9,14-17,20H,1-2,5,7H2,(H,18,19). The van der Waals surface area contributed by atoms with Crippen molar-refractivity contribution in [1.29, 1.82) is 0 Å². The molecule has 3 saturated carbocycles. The summed E-state index contributed by atoms with van der Waals surface area (Å²) in [4.78, 5) is 11.4. The molecule has 3 fully saturated rings. The molecule has 1 aromatic rings. The average molecular weight is 285 g/mol. The van der Waals surface area contributed by atoms with Crippen LogP contribution in [-0.4, -0.2) is 17.6 Å². The van der Waals surface area contributed by atoms with Crippen LogP contribution >= 0.6 is 0 Å². The van der Waals surface area contributed by atoms with Crippen molar-refractivity contribution in [2.24, 2.45) is 29.6 Å². The Hall–Kier alpha value is -1.55. The lowest BCUT2D eigenvalue weighted by molar-refractivity contribution is -0.118. The van der Waals surface area contributed by atoms with Crippen LogP contribution in [0.5, 0.6) is 5.75 Å². The van der Waals surface area contributed by atoms with E-state index < -0.39 is 6.10 Å². The third kappa shape index (κ3) is 1.62. The molecule has 0 saturated heterocycles. The summed E-state index contributed by atoms with van der Waals surface area (Å²) in [7, 11) is 0. The van der Waals surface area contributed by atoms with Gasteiger partial charge < -0.3 is 15.2 Å². The maximum Gasteiger partial charge on any atom is 0.262 e. The zero-order chi connectivity index (χ0) is 14.1. The average Bonchev–Trinajstić information content (AvgIpc) is 2.92. The van der Waals surface area contributed by atoms with Crippen LogP contribution in [0.3, 0.4) is 0 Å². The minimum Gasteiger partial charge on any atom is -0.482 e. The number of hydrogen-bond acceptors (Lipinski definition) is 3. The Morgan fingerprint density at radius 1 is 1.24 bits per heavy atom. The quantitative estimate of drug-likeness (QED) is 0.877. The van der Waals surface area contributed by atoms with E-state index >= 15 is 0 Å². The molecule has 2 N–H and O–H groups in total. The summed E-state index contributed by atoms with van der Waals surface area (Å²) in [6.07, 6.45) is 3.73. The molecule has 2 bridgehead atoms. The second-order valence-corrected chi connectivity index (χ2v) is 7.10. The number of nitrogens with one attached hydrogen (secondary N) is 1. The molecule has 5 unspecified atom stereocenters. The fourth-order valence-corrected chi connectivity index (χ4v) is 5.32.